The highest BCUT2D eigenvalue weighted by atomic mass is 28.4. The summed E-state index contributed by atoms with van der Waals surface area (Å²) in [5.41, 5.74) is 8.59. The first-order chi connectivity index (χ1) is 10.1. The Balaban J connectivity index is 3.13. The van der Waals surface area contributed by atoms with Gasteiger partial charge in [-0.05, 0) is 31.4 Å². The van der Waals surface area contributed by atoms with E-state index in [2.05, 4.69) is 10.0 Å². The largest absolute Gasteiger partial charge is 0.537 e. The molecule has 0 spiro atoms. The summed E-state index contributed by atoms with van der Waals surface area (Å²) in [4.78, 5) is 14.0. The minimum absolute atomic E-state index is 0.309. The lowest BCUT2D eigenvalue weighted by Gasteiger charge is -2.28. The fourth-order valence-corrected chi connectivity index (χ4v) is 4.33. The predicted molar refractivity (Wildman–Crippen MR) is 80.2 cm³/mol. The molecule has 0 saturated heterocycles. The lowest BCUT2D eigenvalue weighted by atomic mass is 10.2. The van der Waals surface area contributed by atoms with E-state index in [-0.39, 0.29) is 0 Å². The molecule has 0 aliphatic rings. The van der Waals surface area contributed by atoms with Crippen molar-refractivity contribution < 1.29 is 18.1 Å². The maximum absolute atomic E-state index is 11.5. The number of benzene rings is 1. The van der Waals surface area contributed by atoms with Gasteiger partial charge in [0.1, 0.15) is 0 Å². The number of carbonyl (C=O) groups is 1. The van der Waals surface area contributed by atoms with E-state index in [4.69, 9.17) is 18.8 Å². The maximum Gasteiger partial charge on any atom is 0.537 e. The minimum atomic E-state index is -2.96. The molecule has 0 unspecified atom stereocenters. The Morgan fingerprint density at radius 1 is 1.10 bits per heavy atom. The van der Waals surface area contributed by atoms with Crippen LogP contribution in [0.4, 0.5) is 0 Å². The third-order valence-electron chi connectivity index (χ3n) is 2.62. The fourth-order valence-electron chi connectivity index (χ4n) is 1.86. The van der Waals surface area contributed by atoms with Crippen molar-refractivity contribution in [2.24, 2.45) is 5.11 Å². The number of hydrogen-bond acceptors (Lipinski definition) is 4. The Kier molecular flexibility index (Phi) is 7.07. The zero-order valence-electron chi connectivity index (χ0n) is 12.4. The average molecular weight is 309 g/mol. The molecule has 0 bridgehead atoms. The Labute approximate surface area is 124 Å². The molecule has 0 fully saturated rings. The first-order valence-corrected chi connectivity index (χ1v) is 8.47. The molecule has 1 aromatic carbocycles. The summed E-state index contributed by atoms with van der Waals surface area (Å²) >= 11 is 0. The van der Waals surface area contributed by atoms with Crippen LogP contribution in [0.3, 0.4) is 0 Å². The van der Waals surface area contributed by atoms with Gasteiger partial charge >= 0.3 is 8.80 Å². The molecule has 0 aliphatic heterocycles. The van der Waals surface area contributed by atoms with Crippen molar-refractivity contribution in [2.75, 3.05) is 19.8 Å². The Bertz CT molecular complexity index is 498. The maximum atomic E-state index is 11.5. The predicted octanol–water partition coefficient (Wildman–Crippen LogP) is 2.39. The zero-order valence-corrected chi connectivity index (χ0v) is 13.4. The lowest BCUT2D eigenvalue weighted by molar-refractivity contribution is 0.0858. The van der Waals surface area contributed by atoms with Gasteiger partial charge in [-0.15, -0.1) is 0 Å². The van der Waals surface area contributed by atoms with Gasteiger partial charge in [0.2, 0.25) is 5.91 Å². The summed E-state index contributed by atoms with van der Waals surface area (Å²) in [6, 6.07) is 6.58. The van der Waals surface area contributed by atoms with Gasteiger partial charge in [-0.25, -0.2) is 0 Å². The van der Waals surface area contributed by atoms with Gasteiger partial charge in [0.15, 0.2) is 0 Å². The van der Waals surface area contributed by atoms with E-state index >= 15 is 0 Å². The SMILES string of the molecule is CCO[Si](OCC)(OCC)c1ccc(C(=O)N=[N+]=[N-])cc1. The van der Waals surface area contributed by atoms with Crippen LogP contribution in [0.2, 0.25) is 0 Å². The molecule has 0 aromatic heterocycles. The molecule has 8 heteroatoms. The highest BCUT2D eigenvalue weighted by Gasteiger charge is 2.43. The minimum Gasteiger partial charge on any atom is -0.370 e. The Morgan fingerprint density at radius 3 is 1.95 bits per heavy atom. The van der Waals surface area contributed by atoms with Crippen molar-refractivity contribution in [3.8, 4) is 0 Å². The third kappa shape index (κ3) is 4.38. The number of nitrogens with zero attached hydrogens (tertiary/aromatic N) is 3. The molecule has 1 aromatic rings. The van der Waals surface area contributed by atoms with Gasteiger partial charge in [-0.3, -0.25) is 4.79 Å². The molecule has 7 nitrogen and oxygen atoms in total. The lowest BCUT2D eigenvalue weighted by Crippen LogP contribution is -2.56. The first kappa shape index (κ1) is 17.3. The summed E-state index contributed by atoms with van der Waals surface area (Å²) in [6.07, 6.45) is 0. The number of hydrogen-bond donors (Lipinski definition) is 0. The third-order valence-corrected chi connectivity index (χ3v) is 5.67. The molecule has 0 heterocycles. The van der Waals surface area contributed by atoms with Crippen LogP contribution >= 0.6 is 0 Å². The van der Waals surface area contributed by atoms with Crippen molar-refractivity contribution in [3.05, 3.63) is 40.3 Å². The zero-order chi connectivity index (χ0) is 15.7. The van der Waals surface area contributed by atoms with Crippen LogP contribution in [-0.4, -0.2) is 34.5 Å². The summed E-state index contributed by atoms with van der Waals surface area (Å²) in [5.74, 6) is -0.624. The molecule has 21 heavy (non-hydrogen) atoms. The van der Waals surface area contributed by atoms with E-state index in [1.165, 1.54) is 0 Å². The van der Waals surface area contributed by atoms with Crippen molar-refractivity contribution in [1.82, 2.24) is 0 Å². The van der Waals surface area contributed by atoms with Crippen molar-refractivity contribution in [2.45, 2.75) is 20.8 Å². The molecule has 0 aliphatic carbocycles. The highest BCUT2D eigenvalue weighted by Crippen LogP contribution is 2.12. The molecule has 114 valence electrons. The average Bonchev–Trinajstić information content (AvgIpc) is 2.48. The van der Waals surface area contributed by atoms with Crippen molar-refractivity contribution >= 4 is 19.9 Å². The van der Waals surface area contributed by atoms with Crippen LogP contribution in [0.15, 0.2) is 29.4 Å². The summed E-state index contributed by atoms with van der Waals surface area (Å²) < 4.78 is 17.3. The van der Waals surface area contributed by atoms with Crippen LogP contribution < -0.4 is 5.19 Å². The second kappa shape index (κ2) is 8.55. The molecule has 0 N–H and O–H groups in total. The molecular formula is C13H19N3O4Si. The topological polar surface area (TPSA) is 93.5 Å². The van der Waals surface area contributed by atoms with Crippen molar-refractivity contribution in [3.63, 3.8) is 0 Å². The smallest absolute Gasteiger partial charge is 0.370 e. The van der Waals surface area contributed by atoms with E-state index < -0.39 is 14.7 Å². The summed E-state index contributed by atoms with van der Waals surface area (Å²) in [7, 11) is -2.96. The van der Waals surface area contributed by atoms with E-state index in [1.54, 1.807) is 24.3 Å². The van der Waals surface area contributed by atoms with Gasteiger partial charge < -0.3 is 13.3 Å². The number of amides is 1. The quantitative estimate of drug-likeness (QED) is 0.319. The monoisotopic (exact) mass is 309 g/mol. The van der Waals surface area contributed by atoms with Gasteiger partial charge in [0, 0.05) is 35.5 Å². The summed E-state index contributed by atoms with van der Waals surface area (Å²) in [6.45, 7) is 7.01. The molecule has 1 amide bonds. The number of carbonyl (C=O) groups excluding carboxylic acids is 1. The molecule has 0 radical (unpaired) electrons. The Morgan fingerprint density at radius 2 is 1.57 bits per heavy atom. The second-order valence-corrected chi connectivity index (χ2v) is 6.48. The summed E-state index contributed by atoms with van der Waals surface area (Å²) in [5, 5.41) is 3.82. The van der Waals surface area contributed by atoms with Crippen LogP contribution in [0.5, 0.6) is 0 Å². The fraction of sp³-hybridized carbons (Fsp3) is 0.462. The molecule has 0 atom stereocenters. The van der Waals surface area contributed by atoms with E-state index in [0.29, 0.717) is 25.4 Å². The van der Waals surface area contributed by atoms with Gasteiger partial charge in [0.05, 0.1) is 0 Å². The number of rotatable bonds is 8. The second-order valence-electron chi connectivity index (χ2n) is 3.93. The Hall–Kier alpha value is -1.70. The van der Waals surface area contributed by atoms with Crippen LogP contribution in [0.25, 0.3) is 10.4 Å². The van der Waals surface area contributed by atoms with E-state index in [9.17, 15) is 4.79 Å². The van der Waals surface area contributed by atoms with Gasteiger partial charge in [-0.2, -0.15) is 0 Å². The van der Waals surface area contributed by atoms with E-state index in [0.717, 1.165) is 5.19 Å². The highest BCUT2D eigenvalue weighted by molar-refractivity contribution is 6.75. The number of azide groups is 1. The normalized spacial score (nSPS) is 11.0. The molecule has 0 saturated carbocycles. The van der Waals surface area contributed by atoms with E-state index in [1.807, 2.05) is 20.8 Å². The first-order valence-electron chi connectivity index (χ1n) is 6.75. The van der Waals surface area contributed by atoms with Crippen LogP contribution in [0, 0.1) is 0 Å². The van der Waals surface area contributed by atoms with Gasteiger partial charge in [-0.1, -0.05) is 24.3 Å². The van der Waals surface area contributed by atoms with Crippen LogP contribution in [-0.2, 0) is 13.3 Å². The van der Waals surface area contributed by atoms with Crippen molar-refractivity contribution in [1.29, 1.82) is 0 Å². The molecular weight excluding hydrogens is 290 g/mol. The van der Waals surface area contributed by atoms with Crippen LogP contribution in [0.1, 0.15) is 31.1 Å². The standard InChI is InChI=1S/C13H19N3O4Si/c1-4-18-21(19-5-2,20-6-3)12-9-7-11(8-10-12)13(17)15-16-14/h7-10H,4-6H2,1-3H3. The van der Waals surface area contributed by atoms with Gasteiger partial charge in [0.25, 0.3) is 0 Å². The molecule has 1 rings (SSSR count).